The molecular weight excluding hydrogens is 320 g/mol. The van der Waals surface area contributed by atoms with Gasteiger partial charge in [0.2, 0.25) is 0 Å². The zero-order chi connectivity index (χ0) is 18.9. The molecule has 2 nitrogen and oxygen atoms in total. The van der Waals surface area contributed by atoms with Gasteiger partial charge in [-0.1, -0.05) is 82.6 Å². The molecule has 0 saturated heterocycles. The first kappa shape index (κ1) is 22.6. The van der Waals surface area contributed by atoms with Crippen LogP contribution in [0.2, 0.25) is 0 Å². The molecule has 0 heterocycles. The van der Waals surface area contributed by atoms with E-state index >= 15 is 0 Å². The minimum Gasteiger partial charge on any atom is -0.504 e. The van der Waals surface area contributed by atoms with Crippen LogP contribution in [0.4, 0.5) is 0 Å². The second kappa shape index (κ2) is 15.8. The van der Waals surface area contributed by atoms with Crippen molar-refractivity contribution in [3.63, 3.8) is 0 Å². The second-order valence-corrected chi connectivity index (χ2v) is 7.30. The highest BCUT2D eigenvalue weighted by atomic mass is 16.5. The summed E-state index contributed by atoms with van der Waals surface area (Å²) in [6.45, 7) is 2.27. The number of ether oxygens (including phenoxy) is 1. The number of phenols is 1. The molecule has 148 valence electrons. The molecule has 0 spiro atoms. The van der Waals surface area contributed by atoms with Crippen LogP contribution < -0.4 is 4.74 Å². The average molecular weight is 361 g/mol. The van der Waals surface area contributed by atoms with E-state index in [0.717, 1.165) is 18.4 Å². The largest absolute Gasteiger partial charge is 0.504 e. The lowest BCUT2D eigenvalue weighted by Crippen LogP contribution is -1.90. The maximum atomic E-state index is 10.1. The van der Waals surface area contributed by atoms with Crippen molar-refractivity contribution in [1.29, 1.82) is 0 Å². The number of para-hydroxylation sites is 1. The molecule has 0 aromatic heterocycles. The van der Waals surface area contributed by atoms with Gasteiger partial charge in [0.25, 0.3) is 0 Å². The predicted molar refractivity (Wildman–Crippen MR) is 113 cm³/mol. The number of phenolic OH excluding ortho intramolecular Hbond substituents is 1. The summed E-state index contributed by atoms with van der Waals surface area (Å²) in [4.78, 5) is 0. The third-order valence-electron chi connectivity index (χ3n) is 5.01. The number of aromatic hydroxyl groups is 1. The van der Waals surface area contributed by atoms with Crippen molar-refractivity contribution in [3.05, 3.63) is 35.9 Å². The lowest BCUT2D eigenvalue weighted by Gasteiger charge is -2.08. The van der Waals surface area contributed by atoms with Gasteiger partial charge in [-0.3, -0.25) is 0 Å². The molecule has 0 radical (unpaired) electrons. The number of unbranched alkanes of at least 4 members (excludes halogenated alkanes) is 11. The zero-order valence-electron chi connectivity index (χ0n) is 17.1. The smallest absolute Gasteiger partial charge is 0.160 e. The molecule has 0 aliphatic heterocycles. The first-order valence-corrected chi connectivity index (χ1v) is 10.8. The fraction of sp³-hybridized carbons (Fsp3) is 0.667. The van der Waals surface area contributed by atoms with E-state index in [1.165, 1.54) is 77.0 Å². The maximum Gasteiger partial charge on any atom is 0.160 e. The van der Waals surface area contributed by atoms with E-state index in [1.807, 2.05) is 12.1 Å². The van der Waals surface area contributed by atoms with Crippen molar-refractivity contribution >= 4 is 0 Å². The first-order chi connectivity index (χ1) is 12.8. The van der Waals surface area contributed by atoms with Crippen LogP contribution in [0.5, 0.6) is 11.5 Å². The fourth-order valence-electron chi connectivity index (χ4n) is 3.32. The number of methoxy groups -OCH3 is 1. The van der Waals surface area contributed by atoms with Crippen LogP contribution in [0.25, 0.3) is 0 Å². The number of hydrogen-bond donors (Lipinski definition) is 1. The lowest BCUT2D eigenvalue weighted by molar-refractivity contribution is 0.370. The Morgan fingerprint density at radius 3 is 2.00 bits per heavy atom. The molecule has 0 unspecified atom stereocenters. The fourth-order valence-corrected chi connectivity index (χ4v) is 3.32. The summed E-state index contributed by atoms with van der Waals surface area (Å²) in [5.74, 6) is 0.894. The van der Waals surface area contributed by atoms with Gasteiger partial charge in [-0.2, -0.15) is 0 Å². The molecule has 0 aliphatic rings. The topological polar surface area (TPSA) is 29.5 Å². The van der Waals surface area contributed by atoms with Crippen LogP contribution in [0.15, 0.2) is 30.4 Å². The van der Waals surface area contributed by atoms with Crippen LogP contribution in [0.3, 0.4) is 0 Å². The molecule has 1 aromatic rings. The Hall–Kier alpha value is -1.44. The summed E-state index contributed by atoms with van der Waals surface area (Å²) in [5, 5.41) is 10.1. The molecular formula is C24H40O2. The van der Waals surface area contributed by atoms with Crippen molar-refractivity contribution in [2.75, 3.05) is 7.11 Å². The van der Waals surface area contributed by atoms with E-state index in [2.05, 4.69) is 19.1 Å². The molecule has 2 heteroatoms. The minimum atomic E-state index is 0.313. The molecule has 0 fully saturated rings. The number of rotatable bonds is 16. The summed E-state index contributed by atoms with van der Waals surface area (Å²) >= 11 is 0. The van der Waals surface area contributed by atoms with E-state index < -0.39 is 0 Å². The van der Waals surface area contributed by atoms with E-state index in [9.17, 15) is 5.11 Å². The van der Waals surface area contributed by atoms with Crippen LogP contribution >= 0.6 is 0 Å². The SMILES string of the molecule is CCCCCC/C=C\CCCCCCCCCc1cccc(OC)c1O. The number of benzene rings is 1. The van der Waals surface area contributed by atoms with Gasteiger partial charge >= 0.3 is 0 Å². The Morgan fingerprint density at radius 2 is 1.38 bits per heavy atom. The predicted octanol–water partition coefficient (Wildman–Crippen LogP) is 7.59. The highest BCUT2D eigenvalue weighted by Crippen LogP contribution is 2.30. The molecule has 0 saturated carbocycles. The summed E-state index contributed by atoms with van der Waals surface area (Å²) in [5.41, 5.74) is 1.01. The lowest BCUT2D eigenvalue weighted by atomic mass is 10.0. The maximum absolute atomic E-state index is 10.1. The van der Waals surface area contributed by atoms with Crippen molar-refractivity contribution < 1.29 is 9.84 Å². The summed E-state index contributed by atoms with van der Waals surface area (Å²) < 4.78 is 5.16. The normalized spacial score (nSPS) is 11.3. The number of aryl methyl sites for hydroxylation is 1. The van der Waals surface area contributed by atoms with Crippen molar-refractivity contribution in [2.45, 2.75) is 96.8 Å². The van der Waals surface area contributed by atoms with Crippen molar-refractivity contribution in [1.82, 2.24) is 0 Å². The quantitative estimate of drug-likeness (QED) is 0.243. The van der Waals surface area contributed by atoms with Crippen LogP contribution in [-0.4, -0.2) is 12.2 Å². The van der Waals surface area contributed by atoms with Gasteiger partial charge in [0.15, 0.2) is 11.5 Å². The molecule has 0 amide bonds. The van der Waals surface area contributed by atoms with E-state index in [1.54, 1.807) is 13.2 Å². The van der Waals surface area contributed by atoms with Gasteiger partial charge in [0, 0.05) is 0 Å². The highest BCUT2D eigenvalue weighted by Gasteiger charge is 2.06. The highest BCUT2D eigenvalue weighted by molar-refractivity contribution is 5.45. The molecule has 0 aliphatic carbocycles. The van der Waals surface area contributed by atoms with Crippen molar-refractivity contribution in [2.24, 2.45) is 0 Å². The van der Waals surface area contributed by atoms with E-state index in [-0.39, 0.29) is 0 Å². The van der Waals surface area contributed by atoms with Gasteiger partial charge < -0.3 is 9.84 Å². The Bertz CT molecular complexity index is 479. The number of allylic oxidation sites excluding steroid dienone is 2. The molecule has 1 N–H and O–H groups in total. The summed E-state index contributed by atoms with van der Waals surface area (Å²) in [6, 6.07) is 5.75. The monoisotopic (exact) mass is 360 g/mol. The van der Waals surface area contributed by atoms with Crippen LogP contribution in [-0.2, 0) is 6.42 Å². The Balaban J connectivity index is 1.92. The molecule has 1 aromatic carbocycles. The van der Waals surface area contributed by atoms with E-state index in [4.69, 9.17) is 4.74 Å². The molecule has 26 heavy (non-hydrogen) atoms. The van der Waals surface area contributed by atoms with Crippen LogP contribution in [0, 0.1) is 0 Å². The molecule has 0 atom stereocenters. The molecule has 0 bridgehead atoms. The standard InChI is InChI=1S/C24H40O2/c1-3-4-5-6-7-8-9-10-11-12-13-14-15-16-17-19-22-20-18-21-23(26-2)24(22)25/h8-9,18,20-21,25H,3-7,10-17,19H2,1-2H3/b9-8-. The van der Waals surface area contributed by atoms with Gasteiger partial charge in [-0.25, -0.2) is 0 Å². The van der Waals surface area contributed by atoms with Gasteiger partial charge in [-0.05, 0) is 50.2 Å². The third kappa shape index (κ3) is 10.5. The minimum absolute atomic E-state index is 0.313. The Morgan fingerprint density at radius 1 is 0.808 bits per heavy atom. The number of hydrogen-bond acceptors (Lipinski definition) is 2. The first-order valence-electron chi connectivity index (χ1n) is 10.8. The summed E-state index contributed by atoms with van der Waals surface area (Å²) in [6.07, 6.45) is 22.7. The third-order valence-corrected chi connectivity index (χ3v) is 5.01. The zero-order valence-corrected chi connectivity index (χ0v) is 17.1. The molecule has 1 rings (SSSR count). The van der Waals surface area contributed by atoms with Gasteiger partial charge in [0.05, 0.1) is 7.11 Å². The average Bonchev–Trinajstić information content (AvgIpc) is 2.66. The Kier molecular flexibility index (Phi) is 13.7. The van der Waals surface area contributed by atoms with Crippen molar-refractivity contribution in [3.8, 4) is 11.5 Å². The van der Waals surface area contributed by atoms with Gasteiger partial charge in [-0.15, -0.1) is 0 Å². The second-order valence-electron chi connectivity index (χ2n) is 7.30. The summed E-state index contributed by atoms with van der Waals surface area (Å²) in [7, 11) is 1.60. The van der Waals surface area contributed by atoms with Gasteiger partial charge in [0.1, 0.15) is 0 Å². The Labute approximate surface area is 161 Å². The van der Waals surface area contributed by atoms with E-state index in [0.29, 0.717) is 11.5 Å². The van der Waals surface area contributed by atoms with Crippen LogP contribution in [0.1, 0.15) is 96.0 Å².